The first-order valence-corrected chi connectivity index (χ1v) is 14.2. The van der Waals surface area contributed by atoms with Gasteiger partial charge in [-0.1, -0.05) is 75.6 Å². The zero-order valence-corrected chi connectivity index (χ0v) is 20.5. The van der Waals surface area contributed by atoms with Gasteiger partial charge in [0, 0.05) is 15.1 Å². The standard InChI is InChI=1S/C27H35N2Si/c1-16(2)19-12-10-14-21-20-13-11-15-22-23(20)26-24(27(6,7)30(22,8)9)18(5)28(17(3)4)29(26)25(19)21/h10-17H,1-9H3/q+1/i6D3. The van der Waals surface area contributed by atoms with Crippen molar-refractivity contribution in [1.29, 1.82) is 0 Å². The lowest BCUT2D eigenvalue weighted by molar-refractivity contribution is -0.586. The number of para-hydroxylation sites is 1. The third-order valence-electron chi connectivity index (χ3n) is 7.77. The summed E-state index contributed by atoms with van der Waals surface area (Å²) in [7, 11) is -2.47. The van der Waals surface area contributed by atoms with E-state index in [1.165, 1.54) is 32.4 Å². The molecule has 30 heavy (non-hydrogen) atoms. The quantitative estimate of drug-likeness (QED) is 0.205. The van der Waals surface area contributed by atoms with Crippen molar-refractivity contribution in [2.75, 3.05) is 0 Å². The summed E-state index contributed by atoms with van der Waals surface area (Å²) >= 11 is 0. The second-order valence-electron chi connectivity index (χ2n) is 10.4. The molecule has 2 nitrogen and oxygen atoms in total. The van der Waals surface area contributed by atoms with Crippen LogP contribution in [-0.2, 0) is 5.04 Å². The average Bonchev–Trinajstić information content (AvgIpc) is 3.04. The van der Waals surface area contributed by atoms with Crippen LogP contribution in [0.3, 0.4) is 0 Å². The van der Waals surface area contributed by atoms with Gasteiger partial charge in [-0.25, -0.2) is 0 Å². The minimum atomic E-state index is -2.47. The van der Waals surface area contributed by atoms with E-state index in [1.807, 2.05) is 6.92 Å². The van der Waals surface area contributed by atoms with Gasteiger partial charge in [-0.2, -0.15) is 0 Å². The molecular formula is C27H35N2Si+. The summed E-state index contributed by atoms with van der Waals surface area (Å²) in [5, 5.41) is 4.14. The molecule has 1 unspecified atom stereocenters. The molecule has 4 aromatic rings. The van der Waals surface area contributed by atoms with E-state index in [0.717, 1.165) is 16.8 Å². The summed E-state index contributed by atoms with van der Waals surface area (Å²) < 4.78 is 31.2. The second-order valence-corrected chi connectivity index (χ2v) is 15.2. The lowest BCUT2D eigenvalue weighted by atomic mass is 9.93. The summed E-state index contributed by atoms with van der Waals surface area (Å²) in [6, 6.07) is 13.4. The summed E-state index contributed by atoms with van der Waals surface area (Å²) in [6.45, 7) is 15.5. The number of rotatable bonds is 2. The van der Waals surface area contributed by atoms with Gasteiger partial charge in [-0.15, -0.1) is 4.68 Å². The van der Waals surface area contributed by atoms with Crippen LogP contribution in [0.25, 0.3) is 27.2 Å². The predicted molar refractivity (Wildman–Crippen MR) is 132 cm³/mol. The Hall–Kier alpha value is -2.13. The highest BCUT2D eigenvalue weighted by Crippen LogP contribution is 2.45. The van der Waals surface area contributed by atoms with Crippen LogP contribution < -0.4 is 9.70 Å². The Morgan fingerprint density at radius 1 is 1.00 bits per heavy atom. The molecule has 1 aliphatic heterocycles. The highest BCUT2D eigenvalue weighted by molar-refractivity contribution is 6.94. The molecule has 2 aromatic carbocycles. The normalized spacial score (nSPS) is 22.4. The first kappa shape index (κ1) is 16.5. The van der Waals surface area contributed by atoms with Crippen molar-refractivity contribution in [3.8, 4) is 0 Å². The first-order valence-electron chi connectivity index (χ1n) is 12.7. The van der Waals surface area contributed by atoms with Crippen LogP contribution in [0.1, 0.15) is 74.4 Å². The predicted octanol–water partition coefficient (Wildman–Crippen LogP) is 6.29. The maximum absolute atomic E-state index is 8.81. The maximum Gasteiger partial charge on any atom is 0.249 e. The molecule has 2 aromatic heterocycles. The molecule has 0 N–H and O–H groups in total. The Morgan fingerprint density at radius 3 is 2.30 bits per heavy atom. The van der Waals surface area contributed by atoms with E-state index in [-0.39, 0.29) is 6.04 Å². The largest absolute Gasteiger partial charge is 0.249 e. The number of nitrogens with zero attached hydrogens (tertiary/aromatic N) is 2. The van der Waals surface area contributed by atoms with Gasteiger partial charge in [0.25, 0.3) is 0 Å². The van der Waals surface area contributed by atoms with Crippen LogP contribution in [0.4, 0.5) is 0 Å². The smallest absolute Gasteiger partial charge is 0.149 e. The summed E-state index contributed by atoms with van der Waals surface area (Å²) in [4.78, 5) is 0. The third-order valence-corrected chi connectivity index (χ3v) is 12.3. The van der Waals surface area contributed by atoms with Crippen molar-refractivity contribution in [2.24, 2.45) is 0 Å². The maximum atomic E-state index is 8.81. The number of pyridine rings is 1. The Balaban J connectivity index is 2.25. The zero-order chi connectivity index (χ0) is 24.2. The molecule has 0 fully saturated rings. The lowest BCUT2D eigenvalue weighted by Crippen LogP contribution is -2.59. The summed E-state index contributed by atoms with van der Waals surface area (Å²) in [5.41, 5.74) is 5.75. The van der Waals surface area contributed by atoms with Crippen molar-refractivity contribution >= 4 is 40.5 Å². The summed E-state index contributed by atoms with van der Waals surface area (Å²) in [6.07, 6.45) is 0. The number of aromatic nitrogens is 2. The van der Waals surface area contributed by atoms with Crippen molar-refractivity contribution in [3.05, 3.63) is 53.2 Å². The van der Waals surface area contributed by atoms with Gasteiger partial charge in [0.05, 0.1) is 36.1 Å². The minimum absolute atomic E-state index is 0.197. The van der Waals surface area contributed by atoms with E-state index < -0.39 is 20.0 Å². The van der Waals surface area contributed by atoms with Crippen LogP contribution in [0.5, 0.6) is 0 Å². The van der Waals surface area contributed by atoms with Crippen LogP contribution in [0.2, 0.25) is 13.1 Å². The molecule has 5 rings (SSSR count). The number of hydrogen-bond acceptors (Lipinski definition) is 0. The Labute approximate surface area is 185 Å². The van der Waals surface area contributed by atoms with Crippen LogP contribution in [-0.4, -0.2) is 12.8 Å². The van der Waals surface area contributed by atoms with Crippen molar-refractivity contribution in [3.63, 3.8) is 0 Å². The van der Waals surface area contributed by atoms with Crippen molar-refractivity contribution < 1.29 is 8.63 Å². The second kappa shape index (κ2) is 5.97. The molecule has 0 aliphatic carbocycles. The molecule has 1 aliphatic rings. The Kier molecular flexibility index (Phi) is 3.29. The van der Waals surface area contributed by atoms with E-state index in [2.05, 4.69) is 93.3 Å². The number of fused-ring (bicyclic) bond motifs is 3. The highest BCUT2D eigenvalue weighted by Gasteiger charge is 2.52. The molecule has 0 saturated carbocycles. The molecule has 0 saturated heterocycles. The number of hydrogen-bond donors (Lipinski definition) is 0. The fraction of sp³-hybridized carbons (Fsp3) is 0.444. The van der Waals surface area contributed by atoms with Gasteiger partial charge in [-0.05, 0) is 43.0 Å². The molecule has 3 heteroatoms. The fourth-order valence-corrected chi connectivity index (χ4v) is 8.79. The molecule has 1 atom stereocenters. The minimum Gasteiger partial charge on any atom is -0.149 e. The Bertz CT molecular complexity index is 1460. The van der Waals surface area contributed by atoms with E-state index in [4.69, 9.17) is 4.11 Å². The first-order chi connectivity index (χ1) is 15.3. The van der Waals surface area contributed by atoms with Crippen LogP contribution in [0, 0.1) is 6.92 Å². The van der Waals surface area contributed by atoms with Crippen LogP contribution in [0.15, 0.2) is 36.4 Å². The molecular weight excluding hydrogens is 380 g/mol. The fourth-order valence-electron chi connectivity index (χ4n) is 5.93. The van der Waals surface area contributed by atoms with E-state index in [0.29, 0.717) is 5.92 Å². The highest BCUT2D eigenvalue weighted by atomic mass is 28.3. The average molecular weight is 419 g/mol. The molecule has 0 spiro atoms. The lowest BCUT2D eigenvalue weighted by Gasteiger charge is -2.42. The van der Waals surface area contributed by atoms with Crippen molar-refractivity contribution in [2.45, 2.75) is 78.5 Å². The SMILES string of the molecule is [2H]C([2H])([2H])C1(C)c2c(C)n(C(C)C)[n+]3c4c(C(C)C)cccc4c4cccc(c4c23)[Si]1(C)C. The molecule has 0 bridgehead atoms. The van der Waals surface area contributed by atoms with E-state index in [1.54, 1.807) is 0 Å². The van der Waals surface area contributed by atoms with Gasteiger partial charge < -0.3 is 0 Å². The van der Waals surface area contributed by atoms with Gasteiger partial charge in [-0.3, -0.25) is 0 Å². The van der Waals surface area contributed by atoms with E-state index >= 15 is 0 Å². The Morgan fingerprint density at radius 2 is 1.67 bits per heavy atom. The molecule has 0 radical (unpaired) electrons. The van der Waals surface area contributed by atoms with Gasteiger partial charge in [0.15, 0.2) is 0 Å². The monoisotopic (exact) mass is 418 g/mol. The summed E-state index contributed by atoms with van der Waals surface area (Å²) in [5.74, 6) is 0.354. The van der Waals surface area contributed by atoms with Gasteiger partial charge >= 0.3 is 0 Å². The van der Waals surface area contributed by atoms with Gasteiger partial charge in [0.1, 0.15) is 0 Å². The third kappa shape index (κ3) is 2.12. The molecule has 0 amide bonds. The van der Waals surface area contributed by atoms with Gasteiger partial charge in [0.2, 0.25) is 11.0 Å². The number of benzene rings is 2. The molecule has 3 heterocycles. The molecule has 156 valence electrons. The van der Waals surface area contributed by atoms with Crippen LogP contribution >= 0.6 is 0 Å². The van der Waals surface area contributed by atoms with E-state index in [9.17, 15) is 0 Å². The zero-order valence-electron chi connectivity index (χ0n) is 22.5. The topological polar surface area (TPSA) is 9.03 Å². The van der Waals surface area contributed by atoms with Crippen molar-refractivity contribution in [1.82, 2.24) is 4.68 Å².